The van der Waals surface area contributed by atoms with Gasteiger partial charge in [0.05, 0.1) is 16.2 Å². The number of aromatic nitrogens is 2. The fourth-order valence-corrected chi connectivity index (χ4v) is 2.24. The average Bonchev–Trinajstić information content (AvgIpc) is 2.85. The molecular weight excluding hydrogens is 275 g/mol. The van der Waals surface area contributed by atoms with Crippen LogP contribution in [0.3, 0.4) is 0 Å². The summed E-state index contributed by atoms with van der Waals surface area (Å²) in [6, 6.07) is 5.59. The molecule has 1 aromatic heterocycles. The molecule has 0 aliphatic heterocycles. The van der Waals surface area contributed by atoms with Crippen LogP contribution in [-0.2, 0) is 12.8 Å². The normalized spacial score (nSPS) is 10.4. The van der Waals surface area contributed by atoms with Crippen LogP contribution in [0.15, 0.2) is 18.2 Å². The van der Waals surface area contributed by atoms with Crippen molar-refractivity contribution in [2.45, 2.75) is 26.7 Å². The van der Waals surface area contributed by atoms with Crippen LogP contribution in [0.1, 0.15) is 30.8 Å². The molecule has 0 fully saturated rings. The fraction of sp³-hybridized carbons (Fsp3) is 0.286. The van der Waals surface area contributed by atoms with Crippen molar-refractivity contribution in [2.75, 3.05) is 0 Å². The Labute approximate surface area is 120 Å². The van der Waals surface area contributed by atoms with Crippen molar-refractivity contribution in [3.05, 3.63) is 51.1 Å². The zero-order valence-corrected chi connectivity index (χ0v) is 11.6. The predicted molar refractivity (Wildman–Crippen MR) is 73.6 cm³/mol. The molecule has 0 aliphatic rings. The molecule has 0 radical (unpaired) electrons. The van der Waals surface area contributed by atoms with E-state index in [1.54, 1.807) is 13.8 Å². The first-order valence-electron chi connectivity index (χ1n) is 6.48. The van der Waals surface area contributed by atoms with Gasteiger partial charge in [-0.1, -0.05) is 13.8 Å². The van der Waals surface area contributed by atoms with Gasteiger partial charge in [0.25, 0.3) is 0 Å². The lowest BCUT2D eigenvalue weighted by atomic mass is 10.1. The maximum atomic E-state index is 13.2. The topological polar surface area (TPSA) is 84.8 Å². The summed E-state index contributed by atoms with van der Waals surface area (Å²) in [4.78, 5) is 10.8. The molecule has 1 heterocycles. The van der Waals surface area contributed by atoms with E-state index in [1.165, 1.54) is 16.8 Å². The van der Waals surface area contributed by atoms with Gasteiger partial charge in [-0.05, 0) is 31.0 Å². The van der Waals surface area contributed by atoms with Gasteiger partial charge in [-0.25, -0.2) is 9.07 Å². The van der Waals surface area contributed by atoms with E-state index in [4.69, 9.17) is 5.26 Å². The third kappa shape index (κ3) is 2.48. The Kier molecular flexibility index (Phi) is 3.98. The molecule has 0 spiro atoms. The second-order valence-electron chi connectivity index (χ2n) is 4.39. The molecule has 21 heavy (non-hydrogen) atoms. The molecule has 0 amide bonds. The van der Waals surface area contributed by atoms with Gasteiger partial charge in [-0.2, -0.15) is 10.4 Å². The Morgan fingerprint density at radius 1 is 1.43 bits per heavy atom. The standard InChI is InChI=1S/C14H13FN4O2/c1-3-11-14(19(20)21)12(4-2)18(17-11)13-6-5-10(15)7-9(13)8-16/h5-7H,3-4H2,1-2H3. The van der Waals surface area contributed by atoms with Crippen molar-refractivity contribution >= 4 is 5.69 Å². The minimum Gasteiger partial charge on any atom is -0.258 e. The predicted octanol–water partition coefficient (Wildman–Crippen LogP) is 2.92. The number of hydrogen-bond acceptors (Lipinski definition) is 4. The number of benzene rings is 1. The summed E-state index contributed by atoms with van der Waals surface area (Å²) in [6.07, 6.45) is 0.783. The summed E-state index contributed by atoms with van der Waals surface area (Å²) >= 11 is 0. The van der Waals surface area contributed by atoms with Crippen molar-refractivity contribution in [1.29, 1.82) is 5.26 Å². The summed E-state index contributed by atoms with van der Waals surface area (Å²) in [5.74, 6) is -0.536. The second kappa shape index (κ2) is 5.71. The monoisotopic (exact) mass is 288 g/mol. The van der Waals surface area contributed by atoms with Crippen molar-refractivity contribution in [3.8, 4) is 11.8 Å². The number of aryl methyl sites for hydroxylation is 1. The molecular formula is C14H13FN4O2. The first-order valence-corrected chi connectivity index (χ1v) is 6.48. The highest BCUT2D eigenvalue weighted by Crippen LogP contribution is 2.28. The van der Waals surface area contributed by atoms with Crippen LogP contribution in [0.2, 0.25) is 0 Å². The number of rotatable bonds is 4. The second-order valence-corrected chi connectivity index (χ2v) is 4.39. The Hall–Kier alpha value is -2.75. The Morgan fingerprint density at radius 3 is 2.67 bits per heavy atom. The highest BCUT2D eigenvalue weighted by molar-refractivity contribution is 5.53. The van der Waals surface area contributed by atoms with Crippen LogP contribution >= 0.6 is 0 Å². The van der Waals surface area contributed by atoms with Gasteiger partial charge < -0.3 is 0 Å². The lowest BCUT2D eigenvalue weighted by Crippen LogP contribution is -2.05. The van der Waals surface area contributed by atoms with E-state index in [0.29, 0.717) is 29.9 Å². The molecule has 0 aliphatic carbocycles. The van der Waals surface area contributed by atoms with Crippen LogP contribution < -0.4 is 0 Å². The number of halogens is 1. The van der Waals surface area contributed by atoms with Crippen LogP contribution in [0.25, 0.3) is 5.69 Å². The molecule has 108 valence electrons. The summed E-state index contributed by atoms with van der Waals surface area (Å²) in [5.41, 5.74) is 1.15. The van der Waals surface area contributed by atoms with E-state index in [-0.39, 0.29) is 11.3 Å². The number of nitriles is 1. The maximum Gasteiger partial charge on any atom is 0.313 e. The largest absolute Gasteiger partial charge is 0.313 e. The van der Waals surface area contributed by atoms with Gasteiger partial charge in [0.15, 0.2) is 0 Å². The van der Waals surface area contributed by atoms with E-state index in [9.17, 15) is 14.5 Å². The summed E-state index contributed by atoms with van der Waals surface area (Å²) in [6.45, 7) is 3.55. The van der Waals surface area contributed by atoms with Crippen LogP contribution in [0, 0.1) is 27.3 Å². The zero-order chi connectivity index (χ0) is 15.6. The van der Waals surface area contributed by atoms with Crippen LogP contribution in [0.5, 0.6) is 0 Å². The van der Waals surface area contributed by atoms with E-state index in [1.807, 2.05) is 6.07 Å². The quantitative estimate of drug-likeness (QED) is 0.639. The smallest absolute Gasteiger partial charge is 0.258 e. The molecule has 0 bridgehead atoms. The van der Waals surface area contributed by atoms with Gasteiger partial charge in [-0.3, -0.25) is 10.1 Å². The first kappa shape index (κ1) is 14.7. The molecule has 0 atom stereocenters. The van der Waals surface area contributed by atoms with Crippen molar-refractivity contribution in [2.24, 2.45) is 0 Å². The van der Waals surface area contributed by atoms with Gasteiger partial charge in [0, 0.05) is 0 Å². The van der Waals surface area contributed by atoms with E-state index >= 15 is 0 Å². The third-order valence-electron chi connectivity index (χ3n) is 3.18. The van der Waals surface area contributed by atoms with Crippen molar-refractivity contribution in [1.82, 2.24) is 9.78 Å². The maximum absolute atomic E-state index is 13.2. The van der Waals surface area contributed by atoms with E-state index < -0.39 is 10.7 Å². The number of hydrogen-bond donors (Lipinski definition) is 0. The van der Waals surface area contributed by atoms with Crippen LogP contribution in [0.4, 0.5) is 10.1 Å². The zero-order valence-electron chi connectivity index (χ0n) is 11.6. The average molecular weight is 288 g/mol. The lowest BCUT2D eigenvalue weighted by molar-refractivity contribution is -0.386. The SMILES string of the molecule is CCc1nn(-c2ccc(F)cc2C#N)c(CC)c1[N+](=O)[O-]. The molecule has 0 unspecified atom stereocenters. The number of nitro groups is 1. The molecule has 1 aromatic carbocycles. The van der Waals surface area contributed by atoms with Crippen molar-refractivity contribution in [3.63, 3.8) is 0 Å². The van der Waals surface area contributed by atoms with E-state index in [0.717, 1.165) is 6.07 Å². The van der Waals surface area contributed by atoms with E-state index in [2.05, 4.69) is 5.10 Å². The van der Waals surface area contributed by atoms with Crippen molar-refractivity contribution < 1.29 is 9.31 Å². The minimum absolute atomic E-state index is 0.0341. The number of nitrogens with zero attached hydrogens (tertiary/aromatic N) is 4. The molecule has 2 aromatic rings. The third-order valence-corrected chi connectivity index (χ3v) is 3.18. The molecule has 0 N–H and O–H groups in total. The summed E-state index contributed by atoms with van der Waals surface area (Å²) in [5, 5.41) is 24.6. The van der Waals surface area contributed by atoms with Gasteiger partial charge in [0.1, 0.15) is 23.3 Å². The molecule has 0 saturated heterocycles. The summed E-state index contributed by atoms with van der Waals surface area (Å²) in [7, 11) is 0. The van der Waals surface area contributed by atoms with Gasteiger partial charge in [0.2, 0.25) is 0 Å². The molecule has 7 heteroatoms. The van der Waals surface area contributed by atoms with Gasteiger partial charge in [-0.15, -0.1) is 0 Å². The Balaban J connectivity index is 2.76. The highest BCUT2D eigenvalue weighted by Gasteiger charge is 2.26. The Bertz CT molecular complexity index is 746. The highest BCUT2D eigenvalue weighted by atomic mass is 19.1. The molecule has 0 saturated carbocycles. The Morgan fingerprint density at radius 2 is 2.14 bits per heavy atom. The molecule has 6 nitrogen and oxygen atoms in total. The minimum atomic E-state index is -0.536. The first-order chi connectivity index (χ1) is 10.0. The fourth-order valence-electron chi connectivity index (χ4n) is 2.24. The molecule has 2 rings (SSSR count). The summed E-state index contributed by atoms with van der Waals surface area (Å²) < 4.78 is 14.6. The lowest BCUT2D eigenvalue weighted by Gasteiger charge is -2.07. The van der Waals surface area contributed by atoms with Gasteiger partial charge >= 0.3 is 5.69 Å². The van der Waals surface area contributed by atoms with Crippen LogP contribution in [-0.4, -0.2) is 14.7 Å².